The van der Waals surface area contributed by atoms with Gasteiger partial charge in [-0.3, -0.25) is 14.8 Å². The second-order valence-corrected chi connectivity index (χ2v) is 14.9. The number of rotatable bonds is 9. The number of hydrogen-bond donors (Lipinski definition) is 1. The third-order valence-electron chi connectivity index (χ3n) is 10.3. The van der Waals surface area contributed by atoms with Gasteiger partial charge in [-0.1, -0.05) is 76.4 Å². The molecule has 2 saturated heterocycles. The number of nitrogen functional groups attached to an aromatic ring is 1. The molecule has 5 heterocycles. The Kier molecular flexibility index (Phi) is 11.7. The van der Waals surface area contributed by atoms with Crippen molar-refractivity contribution in [2.75, 3.05) is 31.9 Å². The summed E-state index contributed by atoms with van der Waals surface area (Å²) in [5.41, 5.74) is 15.0. The van der Waals surface area contributed by atoms with Crippen molar-refractivity contribution < 1.29 is 4.39 Å². The van der Waals surface area contributed by atoms with Crippen LogP contribution in [0.4, 0.5) is 10.1 Å². The smallest absolute Gasteiger partial charge is 0.129 e. The van der Waals surface area contributed by atoms with Gasteiger partial charge in [0, 0.05) is 40.0 Å². The van der Waals surface area contributed by atoms with Gasteiger partial charge in [0.15, 0.2) is 0 Å². The zero-order valence-electron chi connectivity index (χ0n) is 29.9. The first-order valence-corrected chi connectivity index (χ1v) is 19.3. The van der Waals surface area contributed by atoms with Gasteiger partial charge in [-0.15, -0.1) is 0 Å². The van der Waals surface area contributed by atoms with Crippen molar-refractivity contribution in [3.63, 3.8) is 0 Å². The van der Waals surface area contributed by atoms with Crippen LogP contribution < -0.4 is 5.73 Å². The van der Waals surface area contributed by atoms with Crippen LogP contribution in [0.25, 0.3) is 5.69 Å². The summed E-state index contributed by atoms with van der Waals surface area (Å²) in [6, 6.07) is 37.1. The Morgan fingerprint density at radius 1 is 0.712 bits per heavy atom. The second-order valence-electron chi connectivity index (χ2n) is 14.0. The summed E-state index contributed by atoms with van der Waals surface area (Å²) in [5, 5.41) is 0. The van der Waals surface area contributed by atoms with Crippen LogP contribution in [-0.4, -0.2) is 50.1 Å². The number of piperidine rings is 1. The van der Waals surface area contributed by atoms with Crippen molar-refractivity contribution in [1.82, 2.24) is 23.9 Å². The maximum Gasteiger partial charge on any atom is 0.129 e. The zero-order valence-corrected chi connectivity index (χ0v) is 31.5. The number of benzene rings is 3. The summed E-state index contributed by atoms with van der Waals surface area (Å²) in [7, 11) is 0. The maximum absolute atomic E-state index is 14.8. The molecule has 3 aromatic heterocycles. The molecule has 2 unspecified atom stereocenters. The van der Waals surface area contributed by atoms with E-state index in [2.05, 4.69) is 114 Å². The molecular formula is C44H48BrFN6. The Morgan fingerprint density at radius 2 is 1.42 bits per heavy atom. The van der Waals surface area contributed by atoms with E-state index in [1.54, 1.807) is 6.07 Å². The number of para-hydroxylation sites is 2. The summed E-state index contributed by atoms with van der Waals surface area (Å²) in [6.07, 6.45) is 12.2. The lowest BCUT2D eigenvalue weighted by molar-refractivity contribution is 0.183. The average Bonchev–Trinajstić information content (AvgIpc) is 3.96. The van der Waals surface area contributed by atoms with E-state index in [4.69, 9.17) is 5.73 Å². The predicted molar refractivity (Wildman–Crippen MR) is 213 cm³/mol. The normalized spacial score (nSPS) is 16.3. The van der Waals surface area contributed by atoms with Gasteiger partial charge in [-0.05, 0) is 125 Å². The third kappa shape index (κ3) is 8.25. The van der Waals surface area contributed by atoms with Gasteiger partial charge >= 0.3 is 0 Å². The number of nitrogens with two attached hydrogens (primary N) is 1. The highest BCUT2D eigenvalue weighted by Gasteiger charge is 2.30. The van der Waals surface area contributed by atoms with Gasteiger partial charge in [-0.25, -0.2) is 4.39 Å². The minimum atomic E-state index is -0.165. The summed E-state index contributed by atoms with van der Waals surface area (Å²) in [6.45, 7) is 7.14. The van der Waals surface area contributed by atoms with Gasteiger partial charge in [0.25, 0.3) is 0 Å². The molecule has 0 amide bonds. The Balaban J connectivity index is 0.000000162. The highest BCUT2D eigenvalue weighted by molar-refractivity contribution is 9.10. The standard InChI is InChI=1S/C23H27N3.C21H21BrFN3/c1-18-9-7-10-19(17-18)23(25-14-5-2-6-15-25)22-13-8-16-26(22)21-12-4-3-11-20(21)24;22-16-8-9-18(19(23)14-16)21(25-11-3-4-12-25)20-7-5-13-26(20)15-17-6-1-2-10-24-17/h3-4,7-13,16-17,23H,2,5-6,14-15,24H2,1H3;1-2,5-10,13-14,21H,3-4,11-12,15H2. The van der Waals surface area contributed by atoms with Crippen LogP contribution in [0.15, 0.2) is 132 Å². The Bertz CT molecular complexity index is 2040. The van der Waals surface area contributed by atoms with Crippen LogP contribution >= 0.6 is 15.9 Å². The van der Waals surface area contributed by atoms with Crippen molar-refractivity contribution in [1.29, 1.82) is 0 Å². The van der Waals surface area contributed by atoms with Crippen molar-refractivity contribution in [2.45, 2.75) is 57.7 Å². The number of likely N-dealkylation sites (tertiary alicyclic amines) is 2. The molecule has 6 nitrogen and oxygen atoms in total. The van der Waals surface area contributed by atoms with Gasteiger partial charge in [0.05, 0.1) is 35.7 Å². The number of pyridine rings is 1. The molecule has 268 valence electrons. The molecule has 2 N–H and O–H groups in total. The van der Waals surface area contributed by atoms with Crippen LogP contribution in [0.3, 0.4) is 0 Å². The molecule has 2 aliphatic heterocycles. The van der Waals surface area contributed by atoms with Crippen LogP contribution in [0, 0.1) is 12.7 Å². The van der Waals surface area contributed by atoms with E-state index in [0.29, 0.717) is 6.54 Å². The summed E-state index contributed by atoms with van der Waals surface area (Å²) < 4.78 is 20.0. The molecule has 0 radical (unpaired) electrons. The number of hydrogen-bond acceptors (Lipinski definition) is 4. The average molecular weight is 760 g/mol. The lowest BCUT2D eigenvalue weighted by Crippen LogP contribution is -2.35. The summed E-state index contributed by atoms with van der Waals surface area (Å²) >= 11 is 3.37. The van der Waals surface area contributed by atoms with Crippen LogP contribution in [-0.2, 0) is 6.54 Å². The minimum Gasteiger partial charge on any atom is -0.397 e. The third-order valence-corrected chi connectivity index (χ3v) is 10.8. The largest absolute Gasteiger partial charge is 0.397 e. The highest BCUT2D eigenvalue weighted by Crippen LogP contribution is 2.36. The molecule has 8 rings (SSSR count). The van der Waals surface area contributed by atoms with E-state index in [-0.39, 0.29) is 17.9 Å². The number of halogens is 2. The lowest BCUT2D eigenvalue weighted by atomic mass is 9.97. The molecule has 0 saturated carbocycles. The molecule has 0 bridgehead atoms. The highest BCUT2D eigenvalue weighted by atomic mass is 79.9. The molecule has 52 heavy (non-hydrogen) atoms. The van der Waals surface area contributed by atoms with Gasteiger partial charge in [-0.2, -0.15) is 0 Å². The minimum absolute atomic E-state index is 0.0793. The Hall–Kier alpha value is -4.50. The predicted octanol–water partition coefficient (Wildman–Crippen LogP) is 9.96. The van der Waals surface area contributed by atoms with Crippen LogP contribution in [0.1, 0.15) is 78.0 Å². The van der Waals surface area contributed by atoms with E-state index in [1.807, 2.05) is 54.7 Å². The summed E-state index contributed by atoms with van der Waals surface area (Å²) in [5.74, 6) is -0.165. The SMILES string of the molecule is Cc1cccc(C(c2cccn2-c2ccccc2N)N2CCCCC2)c1.Fc1cc(Br)ccc1C(c1cccn1Cc1ccccn1)N1CCCC1. The number of anilines is 1. The van der Waals surface area contributed by atoms with E-state index in [1.165, 1.54) is 36.1 Å². The van der Waals surface area contributed by atoms with E-state index < -0.39 is 0 Å². The molecule has 3 aromatic carbocycles. The second kappa shape index (κ2) is 16.9. The zero-order chi connectivity index (χ0) is 35.9. The van der Waals surface area contributed by atoms with E-state index in [9.17, 15) is 4.39 Å². The molecule has 8 heteroatoms. The monoisotopic (exact) mass is 758 g/mol. The molecule has 2 fully saturated rings. The topological polar surface area (TPSA) is 55.2 Å². The number of nitrogens with zero attached hydrogens (tertiary/aromatic N) is 5. The van der Waals surface area contributed by atoms with Gasteiger partial charge in [0.1, 0.15) is 5.82 Å². The molecule has 2 atom stereocenters. The number of aryl methyl sites for hydroxylation is 1. The van der Waals surface area contributed by atoms with Gasteiger partial charge in [0.2, 0.25) is 0 Å². The maximum atomic E-state index is 14.8. The van der Waals surface area contributed by atoms with Crippen molar-refractivity contribution >= 4 is 21.6 Å². The van der Waals surface area contributed by atoms with Crippen LogP contribution in [0.2, 0.25) is 0 Å². The fourth-order valence-electron chi connectivity index (χ4n) is 7.88. The lowest BCUT2D eigenvalue weighted by Gasteiger charge is -2.36. The molecule has 2 aliphatic rings. The Morgan fingerprint density at radius 3 is 2.15 bits per heavy atom. The van der Waals surface area contributed by atoms with E-state index in [0.717, 1.165) is 71.8 Å². The van der Waals surface area contributed by atoms with Gasteiger partial charge < -0.3 is 14.9 Å². The first-order chi connectivity index (χ1) is 25.5. The first-order valence-electron chi connectivity index (χ1n) is 18.5. The van der Waals surface area contributed by atoms with E-state index >= 15 is 0 Å². The number of aromatic nitrogens is 3. The molecular weight excluding hydrogens is 711 g/mol. The van der Waals surface area contributed by atoms with Crippen LogP contribution in [0.5, 0.6) is 0 Å². The van der Waals surface area contributed by atoms with Crippen molar-refractivity contribution in [2.24, 2.45) is 0 Å². The quantitative estimate of drug-likeness (QED) is 0.149. The fourth-order valence-corrected chi connectivity index (χ4v) is 8.21. The van der Waals surface area contributed by atoms with Crippen molar-refractivity contribution in [3.8, 4) is 5.69 Å². The van der Waals surface area contributed by atoms with Crippen molar-refractivity contribution in [3.05, 3.63) is 172 Å². The Labute approximate surface area is 315 Å². The molecule has 0 aliphatic carbocycles. The summed E-state index contributed by atoms with van der Waals surface area (Å²) in [4.78, 5) is 9.45. The molecule has 0 spiro atoms. The molecule has 6 aromatic rings. The first kappa shape index (κ1) is 35.9. The fraction of sp³-hybridized carbons (Fsp3) is 0.295.